The predicted octanol–water partition coefficient (Wildman–Crippen LogP) is 3.51. The summed E-state index contributed by atoms with van der Waals surface area (Å²) in [5, 5.41) is 15.9. The molecule has 0 saturated carbocycles. The molecule has 0 unspecified atom stereocenters. The summed E-state index contributed by atoms with van der Waals surface area (Å²) in [4.78, 5) is 13.2. The fraction of sp³-hybridized carbons (Fsp3) is 0.0500. The van der Waals surface area contributed by atoms with Crippen LogP contribution in [0, 0.1) is 0 Å². The summed E-state index contributed by atoms with van der Waals surface area (Å²) < 4.78 is 6.70. The molecule has 0 saturated heterocycles. The van der Waals surface area contributed by atoms with Gasteiger partial charge >= 0.3 is 0 Å². The Hall–Kier alpha value is -3.59. The van der Waals surface area contributed by atoms with Crippen molar-refractivity contribution in [2.75, 3.05) is 0 Å². The number of nitrogens with zero attached hydrogens (tertiary/aromatic N) is 5. The second-order valence-electron chi connectivity index (χ2n) is 6.01. The third-order valence-corrected chi connectivity index (χ3v) is 4.44. The summed E-state index contributed by atoms with van der Waals surface area (Å²) in [6.07, 6.45) is 1.43. The molecule has 9 heteroatoms. The largest absolute Gasteiger partial charge is 0.455 e. The second-order valence-corrected chi connectivity index (χ2v) is 6.93. The molecule has 0 spiro atoms. The first-order valence-electron chi connectivity index (χ1n) is 8.68. The zero-order valence-electron chi connectivity index (χ0n) is 15.1. The molecule has 0 aliphatic rings. The zero-order valence-corrected chi connectivity index (χ0v) is 16.7. The van der Waals surface area contributed by atoms with Crippen LogP contribution in [0.5, 0.6) is 0 Å². The van der Waals surface area contributed by atoms with Crippen molar-refractivity contribution in [3.8, 4) is 22.7 Å². The van der Waals surface area contributed by atoms with Crippen LogP contribution in [0.3, 0.4) is 0 Å². The van der Waals surface area contributed by atoms with Crippen molar-refractivity contribution in [2.24, 2.45) is 5.10 Å². The first kappa shape index (κ1) is 18.8. The van der Waals surface area contributed by atoms with Crippen molar-refractivity contribution < 1.29 is 9.21 Å². The number of nitrogens with one attached hydrogen (secondary N) is 1. The molecule has 4 aromatic rings. The number of hydrazone groups is 1. The van der Waals surface area contributed by atoms with Gasteiger partial charge in [0.25, 0.3) is 5.91 Å². The van der Waals surface area contributed by atoms with Gasteiger partial charge in [0.15, 0.2) is 0 Å². The summed E-state index contributed by atoms with van der Waals surface area (Å²) in [5.74, 6) is 1.31. The molecule has 0 bridgehead atoms. The Morgan fingerprint density at radius 1 is 1.07 bits per heavy atom. The maximum absolute atomic E-state index is 12.0. The van der Waals surface area contributed by atoms with Crippen molar-refractivity contribution in [3.63, 3.8) is 0 Å². The fourth-order valence-corrected chi connectivity index (χ4v) is 2.80. The highest BCUT2D eigenvalue weighted by molar-refractivity contribution is 9.10. The van der Waals surface area contributed by atoms with E-state index in [0.29, 0.717) is 17.3 Å². The van der Waals surface area contributed by atoms with Crippen LogP contribution >= 0.6 is 15.9 Å². The van der Waals surface area contributed by atoms with Gasteiger partial charge in [-0.3, -0.25) is 4.79 Å². The van der Waals surface area contributed by atoms with Gasteiger partial charge in [-0.25, -0.2) is 5.43 Å². The van der Waals surface area contributed by atoms with E-state index >= 15 is 0 Å². The maximum Gasteiger partial charge on any atom is 0.263 e. The molecular weight excluding hydrogens is 436 g/mol. The van der Waals surface area contributed by atoms with E-state index in [-0.39, 0.29) is 12.5 Å². The van der Waals surface area contributed by atoms with E-state index in [9.17, 15) is 4.79 Å². The van der Waals surface area contributed by atoms with Gasteiger partial charge in [-0.05, 0) is 29.5 Å². The van der Waals surface area contributed by atoms with Crippen molar-refractivity contribution in [3.05, 3.63) is 77.0 Å². The van der Waals surface area contributed by atoms with Crippen molar-refractivity contribution >= 4 is 28.1 Å². The maximum atomic E-state index is 12.0. The Bertz CT molecular complexity index is 1140. The lowest BCUT2D eigenvalue weighted by molar-refractivity contribution is -0.122. The summed E-state index contributed by atoms with van der Waals surface area (Å²) in [7, 11) is 0. The molecule has 8 nitrogen and oxygen atoms in total. The lowest BCUT2D eigenvalue weighted by Gasteiger charge is -1.98. The summed E-state index contributed by atoms with van der Waals surface area (Å²) in [5.41, 5.74) is 4.20. The number of hydrogen-bond donors (Lipinski definition) is 1. The topological polar surface area (TPSA) is 98.2 Å². The number of carbonyl (C=O) groups excluding carboxylic acids is 1. The van der Waals surface area contributed by atoms with E-state index < -0.39 is 0 Å². The standard InChI is InChI=1S/C20H15BrN6O2/c21-16-8-6-14(7-9-16)18-11-10-17(29-18)12-22-23-19(28)13-27-25-20(24-26-27)15-4-2-1-3-5-15/h1-12H,13H2,(H,23,28)/b22-12+. The zero-order chi connectivity index (χ0) is 20.1. The Labute approximate surface area is 174 Å². The molecule has 0 fully saturated rings. The van der Waals surface area contributed by atoms with E-state index in [1.165, 1.54) is 11.0 Å². The van der Waals surface area contributed by atoms with E-state index in [4.69, 9.17) is 4.42 Å². The number of tetrazole rings is 1. The van der Waals surface area contributed by atoms with Gasteiger partial charge in [0.2, 0.25) is 5.82 Å². The molecule has 0 aliphatic heterocycles. The number of amides is 1. The Morgan fingerprint density at radius 2 is 1.86 bits per heavy atom. The van der Waals surface area contributed by atoms with Crippen LogP contribution < -0.4 is 5.43 Å². The minimum absolute atomic E-state index is 0.0977. The van der Waals surface area contributed by atoms with E-state index in [1.54, 1.807) is 6.07 Å². The molecule has 2 aromatic heterocycles. The number of halogens is 1. The first-order chi connectivity index (χ1) is 14.2. The molecule has 2 aromatic carbocycles. The molecule has 144 valence electrons. The average molecular weight is 451 g/mol. The van der Waals surface area contributed by atoms with Crippen LogP contribution in [-0.2, 0) is 11.3 Å². The Morgan fingerprint density at radius 3 is 2.66 bits per heavy atom. The van der Waals surface area contributed by atoms with Crippen LogP contribution in [0.2, 0.25) is 0 Å². The Kier molecular flexibility index (Phi) is 5.57. The van der Waals surface area contributed by atoms with Gasteiger partial charge in [-0.1, -0.05) is 58.4 Å². The molecule has 29 heavy (non-hydrogen) atoms. The van der Waals surface area contributed by atoms with Gasteiger partial charge in [-0.15, -0.1) is 10.2 Å². The summed E-state index contributed by atoms with van der Waals surface area (Å²) >= 11 is 3.40. The number of benzene rings is 2. The minimum atomic E-state index is -0.377. The van der Waals surface area contributed by atoms with Crippen LogP contribution in [0.15, 0.2) is 80.7 Å². The predicted molar refractivity (Wildman–Crippen MR) is 111 cm³/mol. The summed E-state index contributed by atoms with van der Waals surface area (Å²) in [6, 6.07) is 20.8. The van der Waals surface area contributed by atoms with E-state index in [2.05, 4.69) is 41.9 Å². The second kappa shape index (κ2) is 8.61. The Balaban J connectivity index is 1.32. The van der Waals surface area contributed by atoms with Gasteiger partial charge in [0.1, 0.15) is 18.1 Å². The summed E-state index contributed by atoms with van der Waals surface area (Å²) in [6.45, 7) is -0.0977. The van der Waals surface area contributed by atoms with Gasteiger partial charge in [0.05, 0.1) is 6.21 Å². The van der Waals surface area contributed by atoms with Crippen molar-refractivity contribution in [1.29, 1.82) is 0 Å². The van der Waals surface area contributed by atoms with E-state index in [0.717, 1.165) is 15.6 Å². The molecule has 0 atom stereocenters. The number of hydrogen-bond acceptors (Lipinski definition) is 6. The van der Waals surface area contributed by atoms with Crippen LogP contribution in [0.1, 0.15) is 5.76 Å². The van der Waals surface area contributed by atoms with Crippen LogP contribution in [-0.4, -0.2) is 32.3 Å². The van der Waals surface area contributed by atoms with Crippen molar-refractivity contribution in [1.82, 2.24) is 25.6 Å². The average Bonchev–Trinajstić information content (AvgIpc) is 3.39. The highest BCUT2D eigenvalue weighted by Crippen LogP contribution is 2.23. The molecule has 4 rings (SSSR count). The SMILES string of the molecule is O=C(Cn1nnc(-c2ccccc2)n1)N/N=C/c1ccc(-c2ccc(Br)cc2)o1. The molecule has 2 heterocycles. The third-order valence-electron chi connectivity index (χ3n) is 3.91. The first-order valence-corrected chi connectivity index (χ1v) is 9.47. The van der Waals surface area contributed by atoms with E-state index in [1.807, 2.05) is 60.7 Å². The molecule has 1 N–H and O–H groups in total. The molecular formula is C20H15BrN6O2. The molecule has 0 radical (unpaired) electrons. The number of rotatable bonds is 6. The number of furan rings is 1. The molecule has 0 aliphatic carbocycles. The fourth-order valence-electron chi connectivity index (χ4n) is 2.54. The smallest absolute Gasteiger partial charge is 0.263 e. The highest BCUT2D eigenvalue weighted by Gasteiger charge is 2.08. The van der Waals surface area contributed by atoms with Gasteiger partial charge in [0, 0.05) is 15.6 Å². The normalized spacial score (nSPS) is 11.1. The lowest BCUT2D eigenvalue weighted by Crippen LogP contribution is -2.24. The van der Waals surface area contributed by atoms with Crippen LogP contribution in [0.25, 0.3) is 22.7 Å². The molecule has 1 amide bonds. The number of aromatic nitrogens is 4. The quantitative estimate of drug-likeness (QED) is 0.358. The highest BCUT2D eigenvalue weighted by atomic mass is 79.9. The minimum Gasteiger partial charge on any atom is -0.455 e. The third kappa shape index (κ3) is 4.82. The number of carbonyl (C=O) groups is 1. The monoisotopic (exact) mass is 450 g/mol. The lowest BCUT2D eigenvalue weighted by atomic mass is 10.2. The van der Waals surface area contributed by atoms with Gasteiger partial charge < -0.3 is 4.42 Å². The van der Waals surface area contributed by atoms with Crippen molar-refractivity contribution in [2.45, 2.75) is 6.54 Å². The van der Waals surface area contributed by atoms with Crippen LogP contribution in [0.4, 0.5) is 0 Å². The van der Waals surface area contributed by atoms with Gasteiger partial charge in [-0.2, -0.15) is 9.90 Å².